The summed E-state index contributed by atoms with van der Waals surface area (Å²) in [5.41, 5.74) is 7.57. The van der Waals surface area contributed by atoms with E-state index in [1.807, 2.05) is 11.6 Å². The third-order valence-corrected chi connectivity index (χ3v) is 3.53. The fraction of sp³-hybridized carbons (Fsp3) is 0.727. The minimum atomic E-state index is -0.0107. The van der Waals surface area contributed by atoms with Crippen molar-refractivity contribution in [2.75, 3.05) is 12.8 Å². The predicted octanol–water partition coefficient (Wildman–Crippen LogP) is 1.73. The second kappa shape index (κ2) is 3.85. The van der Waals surface area contributed by atoms with Gasteiger partial charge < -0.3 is 10.5 Å². The number of hydrogen-bond donors (Lipinski definition) is 1. The number of nitrogen functional groups attached to an aromatic ring is 1. The number of rotatable bonds is 3. The molecule has 0 aliphatic heterocycles. The van der Waals surface area contributed by atoms with Crippen LogP contribution in [0.25, 0.3) is 0 Å². The molecule has 0 aromatic carbocycles. The van der Waals surface area contributed by atoms with Gasteiger partial charge in [-0.3, -0.25) is 4.68 Å². The molecule has 0 atom stereocenters. The summed E-state index contributed by atoms with van der Waals surface area (Å²) in [6.45, 7) is 2.83. The maximum atomic E-state index is 5.78. The van der Waals surface area contributed by atoms with E-state index in [2.05, 4.69) is 5.10 Å². The van der Waals surface area contributed by atoms with Gasteiger partial charge in [0.25, 0.3) is 0 Å². The van der Waals surface area contributed by atoms with Crippen molar-refractivity contribution in [3.8, 4) is 0 Å². The lowest BCUT2D eigenvalue weighted by Crippen LogP contribution is -2.34. The van der Waals surface area contributed by atoms with Gasteiger partial charge in [-0.1, -0.05) is 12.8 Å². The lowest BCUT2D eigenvalue weighted by Gasteiger charge is -2.27. The lowest BCUT2D eigenvalue weighted by molar-refractivity contribution is -0.0212. The van der Waals surface area contributed by atoms with Crippen LogP contribution in [0.1, 0.15) is 31.4 Å². The smallest absolute Gasteiger partial charge is 0.0873 e. The molecule has 0 radical (unpaired) electrons. The van der Waals surface area contributed by atoms with Crippen molar-refractivity contribution in [2.24, 2.45) is 0 Å². The summed E-state index contributed by atoms with van der Waals surface area (Å²) < 4.78 is 7.63. The highest BCUT2D eigenvalue weighted by Crippen LogP contribution is 2.34. The monoisotopic (exact) mass is 209 g/mol. The summed E-state index contributed by atoms with van der Waals surface area (Å²) >= 11 is 0. The van der Waals surface area contributed by atoms with E-state index in [0.717, 1.165) is 30.8 Å². The highest BCUT2D eigenvalue weighted by molar-refractivity contribution is 5.39. The lowest BCUT2D eigenvalue weighted by atomic mass is 10.0. The summed E-state index contributed by atoms with van der Waals surface area (Å²) in [7, 11) is 1.80. The molecule has 0 amide bonds. The van der Waals surface area contributed by atoms with Gasteiger partial charge in [-0.2, -0.15) is 5.10 Å². The Bertz CT molecular complexity index is 340. The largest absolute Gasteiger partial charge is 0.396 e. The highest BCUT2D eigenvalue weighted by atomic mass is 16.5. The Morgan fingerprint density at radius 2 is 2.20 bits per heavy atom. The van der Waals surface area contributed by atoms with Crippen LogP contribution in [0.2, 0.25) is 0 Å². The van der Waals surface area contributed by atoms with Gasteiger partial charge in [-0.15, -0.1) is 0 Å². The molecule has 84 valence electrons. The Labute approximate surface area is 90.4 Å². The van der Waals surface area contributed by atoms with Crippen molar-refractivity contribution < 1.29 is 4.74 Å². The van der Waals surface area contributed by atoms with Crippen LogP contribution in [0.15, 0.2) is 6.20 Å². The van der Waals surface area contributed by atoms with Crippen LogP contribution in [0.4, 0.5) is 5.69 Å². The molecule has 1 fully saturated rings. The van der Waals surface area contributed by atoms with Gasteiger partial charge in [-0.25, -0.2) is 0 Å². The number of nitrogens with zero attached hydrogens (tertiary/aromatic N) is 2. The predicted molar refractivity (Wildman–Crippen MR) is 59.6 cm³/mol. The maximum absolute atomic E-state index is 5.78. The quantitative estimate of drug-likeness (QED) is 0.824. The standard InChI is InChI=1S/C11H19N3O/c1-9-10(12)7-13-14(9)8-11(15-2)5-3-4-6-11/h7H,3-6,8,12H2,1-2H3. The van der Waals surface area contributed by atoms with E-state index < -0.39 is 0 Å². The van der Waals surface area contributed by atoms with E-state index in [0.29, 0.717) is 0 Å². The average Bonchev–Trinajstić information content (AvgIpc) is 2.82. The zero-order valence-electron chi connectivity index (χ0n) is 9.49. The number of anilines is 1. The van der Waals surface area contributed by atoms with E-state index in [1.54, 1.807) is 13.3 Å². The topological polar surface area (TPSA) is 53.1 Å². The van der Waals surface area contributed by atoms with Crippen molar-refractivity contribution in [3.05, 3.63) is 11.9 Å². The summed E-state index contributed by atoms with van der Waals surface area (Å²) in [6, 6.07) is 0. The number of methoxy groups -OCH3 is 1. The fourth-order valence-corrected chi connectivity index (χ4v) is 2.34. The molecule has 1 aliphatic rings. The third-order valence-electron chi connectivity index (χ3n) is 3.53. The van der Waals surface area contributed by atoms with E-state index in [9.17, 15) is 0 Å². The Balaban J connectivity index is 2.16. The summed E-state index contributed by atoms with van der Waals surface area (Å²) in [4.78, 5) is 0. The molecule has 0 unspecified atom stereocenters. The van der Waals surface area contributed by atoms with E-state index in [-0.39, 0.29) is 5.60 Å². The molecule has 2 N–H and O–H groups in total. The first-order valence-corrected chi connectivity index (χ1v) is 5.50. The van der Waals surface area contributed by atoms with Crippen molar-refractivity contribution >= 4 is 5.69 Å². The molecule has 4 nitrogen and oxygen atoms in total. The number of aromatic nitrogens is 2. The maximum Gasteiger partial charge on any atom is 0.0873 e. The van der Waals surface area contributed by atoms with Crippen LogP contribution in [0.5, 0.6) is 0 Å². The second-order valence-corrected chi connectivity index (χ2v) is 4.44. The molecule has 2 rings (SSSR count). The van der Waals surface area contributed by atoms with Crippen molar-refractivity contribution in [3.63, 3.8) is 0 Å². The van der Waals surface area contributed by atoms with Crippen LogP contribution in [-0.2, 0) is 11.3 Å². The normalized spacial score (nSPS) is 19.6. The number of hydrogen-bond acceptors (Lipinski definition) is 3. The van der Waals surface area contributed by atoms with Gasteiger partial charge in [0, 0.05) is 7.11 Å². The van der Waals surface area contributed by atoms with Crippen LogP contribution in [0.3, 0.4) is 0 Å². The summed E-state index contributed by atoms with van der Waals surface area (Å²) in [5.74, 6) is 0. The van der Waals surface area contributed by atoms with Crippen molar-refractivity contribution in [2.45, 2.75) is 44.8 Å². The van der Waals surface area contributed by atoms with Gasteiger partial charge in [-0.05, 0) is 19.8 Å². The molecule has 0 saturated heterocycles. The SMILES string of the molecule is COC1(Cn2ncc(N)c2C)CCCC1. The van der Waals surface area contributed by atoms with Gasteiger partial charge >= 0.3 is 0 Å². The first kappa shape index (κ1) is 10.5. The summed E-state index contributed by atoms with van der Waals surface area (Å²) in [5, 5.41) is 4.28. The first-order valence-electron chi connectivity index (χ1n) is 5.50. The summed E-state index contributed by atoms with van der Waals surface area (Å²) in [6.07, 6.45) is 6.48. The fourth-order valence-electron chi connectivity index (χ4n) is 2.34. The average molecular weight is 209 g/mol. The van der Waals surface area contributed by atoms with Gasteiger partial charge in [0.2, 0.25) is 0 Å². The zero-order chi connectivity index (χ0) is 10.9. The second-order valence-electron chi connectivity index (χ2n) is 4.44. The van der Waals surface area contributed by atoms with Crippen molar-refractivity contribution in [1.82, 2.24) is 9.78 Å². The van der Waals surface area contributed by atoms with Gasteiger partial charge in [0.05, 0.1) is 29.7 Å². The molecule has 15 heavy (non-hydrogen) atoms. The number of ether oxygens (including phenoxy) is 1. The molecule has 1 aromatic heterocycles. The van der Waals surface area contributed by atoms with E-state index in [1.165, 1.54) is 12.8 Å². The molecule has 1 aliphatic carbocycles. The van der Waals surface area contributed by atoms with Gasteiger partial charge in [0.15, 0.2) is 0 Å². The van der Waals surface area contributed by atoms with Gasteiger partial charge in [0.1, 0.15) is 0 Å². The van der Waals surface area contributed by atoms with Crippen molar-refractivity contribution in [1.29, 1.82) is 0 Å². The Kier molecular flexibility index (Phi) is 2.69. The third kappa shape index (κ3) is 1.86. The molecule has 4 heteroatoms. The van der Waals surface area contributed by atoms with Crippen LogP contribution < -0.4 is 5.73 Å². The van der Waals surface area contributed by atoms with Crippen LogP contribution in [0, 0.1) is 6.92 Å². The van der Waals surface area contributed by atoms with Crippen LogP contribution in [-0.4, -0.2) is 22.5 Å². The Morgan fingerprint density at radius 1 is 1.53 bits per heavy atom. The minimum absolute atomic E-state index is 0.0107. The number of nitrogens with two attached hydrogens (primary N) is 1. The Morgan fingerprint density at radius 3 is 2.67 bits per heavy atom. The molecule has 0 spiro atoms. The Hall–Kier alpha value is -1.03. The molecule has 1 aromatic rings. The highest BCUT2D eigenvalue weighted by Gasteiger charge is 2.34. The molecular weight excluding hydrogens is 190 g/mol. The zero-order valence-corrected chi connectivity index (χ0v) is 9.49. The molecular formula is C11H19N3O. The van der Waals surface area contributed by atoms with E-state index in [4.69, 9.17) is 10.5 Å². The first-order chi connectivity index (χ1) is 7.17. The molecule has 1 heterocycles. The molecule has 1 saturated carbocycles. The minimum Gasteiger partial charge on any atom is -0.396 e. The van der Waals surface area contributed by atoms with Crippen LogP contribution >= 0.6 is 0 Å². The van der Waals surface area contributed by atoms with E-state index >= 15 is 0 Å². The molecule has 0 bridgehead atoms.